The molecule has 0 spiro atoms. The summed E-state index contributed by atoms with van der Waals surface area (Å²) < 4.78 is 9.26. The van der Waals surface area contributed by atoms with Crippen molar-refractivity contribution >= 4 is 0 Å². The largest absolute Gasteiger partial charge is 0.383 e. The Kier molecular flexibility index (Phi) is 4.67. The molecule has 0 aromatic carbocycles. The highest BCUT2D eigenvalue weighted by atomic mass is 16.5. The van der Waals surface area contributed by atoms with Crippen LogP contribution in [0.2, 0.25) is 0 Å². The Morgan fingerprint density at radius 3 is 3.33 bits per heavy atom. The number of rotatable bonds is 7. The minimum Gasteiger partial charge on any atom is -0.383 e. The van der Waals surface area contributed by atoms with Gasteiger partial charge in [0.25, 0.3) is 0 Å². The van der Waals surface area contributed by atoms with Gasteiger partial charge in [0, 0.05) is 56.8 Å². The lowest BCUT2D eigenvalue weighted by Crippen LogP contribution is -2.26. The van der Waals surface area contributed by atoms with E-state index in [1.54, 1.807) is 7.11 Å². The van der Waals surface area contributed by atoms with E-state index in [9.17, 15) is 0 Å². The number of nitrogens with one attached hydrogen (secondary N) is 1. The molecule has 1 aliphatic heterocycles. The Hall–Kier alpha value is -1.66. The Morgan fingerprint density at radius 2 is 2.43 bits per heavy atom. The average Bonchev–Trinajstić information content (AvgIpc) is 3.14. The van der Waals surface area contributed by atoms with Gasteiger partial charge < -0.3 is 14.6 Å². The Morgan fingerprint density at radius 1 is 1.48 bits per heavy atom. The molecule has 114 valence electrons. The topological polar surface area (TPSA) is 56.9 Å². The molecule has 0 aliphatic carbocycles. The first-order valence-electron chi connectivity index (χ1n) is 7.59. The minimum atomic E-state index is 0.525. The van der Waals surface area contributed by atoms with Crippen molar-refractivity contribution < 1.29 is 4.74 Å². The maximum atomic E-state index is 5.06. The van der Waals surface area contributed by atoms with Gasteiger partial charge in [-0.2, -0.15) is 5.10 Å². The molecular weight excluding hydrogens is 266 g/mol. The predicted octanol–water partition coefficient (Wildman–Crippen LogP) is 1.39. The van der Waals surface area contributed by atoms with Gasteiger partial charge >= 0.3 is 0 Å². The van der Waals surface area contributed by atoms with Gasteiger partial charge in [0.05, 0.1) is 19.3 Å². The molecule has 6 heteroatoms. The zero-order chi connectivity index (χ0) is 14.5. The smallest absolute Gasteiger partial charge is 0.113 e. The first-order chi connectivity index (χ1) is 10.4. The molecule has 1 aliphatic rings. The molecule has 0 saturated carbocycles. The predicted molar refractivity (Wildman–Crippen MR) is 80.0 cm³/mol. The van der Waals surface area contributed by atoms with E-state index in [1.807, 2.05) is 17.1 Å². The summed E-state index contributed by atoms with van der Waals surface area (Å²) in [7, 11) is 1.71. The number of fused-ring (bicyclic) bond motifs is 1. The number of nitrogens with zero attached hydrogens (tertiary/aromatic N) is 4. The molecule has 0 fully saturated rings. The highest BCUT2D eigenvalue weighted by molar-refractivity contribution is 5.06. The maximum Gasteiger partial charge on any atom is 0.113 e. The van der Waals surface area contributed by atoms with Crippen LogP contribution < -0.4 is 5.32 Å². The van der Waals surface area contributed by atoms with Gasteiger partial charge in [0.15, 0.2) is 0 Å². The van der Waals surface area contributed by atoms with Crippen molar-refractivity contribution in [2.24, 2.45) is 0 Å². The van der Waals surface area contributed by atoms with Crippen LogP contribution in [0.3, 0.4) is 0 Å². The Bertz CT molecular complexity index is 562. The third kappa shape index (κ3) is 3.51. The number of aromatic nitrogens is 4. The van der Waals surface area contributed by atoms with Gasteiger partial charge in [-0.3, -0.25) is 4.68 Å². The zero-order valence-corrected chi connectivity index (χ0v) is 12.5. The van der Waals surface area contributed by atoms with Crippen LogP contribution >= 0.6 is 0 Å². The van der Waals surface area contributed by atoms with E-state index in [0.717, 1.165) is 26.2 Å². The third-order valence-electron chi connectivity index (χ3n) is 4.00. The molecule has 6 nitrogen and oxygen atoms in total. The summed E-state index contributed by atoms with van der Waals surface area (Å²) in [6, 6.07) is 0. The van der Waals surface area contributed by atoms with Crippen LogP contribution in [0.15, 0.2) is 24.8 Å². The summed E-state index contributed by atoms with van der Waals surface area (Å²) in [5.74, 6) is 1.75. The fraction of sp³-hybridized carbons (Fsp3) is 0.600. The molecule has 0 bridgehead atoms. The summed E-state index contributed by atoms with van der Waals surface area (Å²) in [6.45, 7) is 4.43. The SMILES string of the molecule is COCCn1cc(CNCC2CCCn3ccnc32)cn1. The molecule has 0 saturated heterocycles. The second kappa shape index (κ2) is 6.87. The molecule has 1 atom stereocenters. The van der Waals surface area contributed by atoms with Gasteiger partial charge in [-0.15, -0.1) is 0 Å². The molecule has 3 heterocycles. The van der Waals surface area contributed by atoms with E-state index in [0.29, 0.717) is 12.5 Å². The molecule has 0 radical (unpaired) electrons. The third-order valence-corrected chi connectivity index (χ3v) is 4.00. The highest BCUT2D eigenvalue weighted by Crippen LogP contribution is 2.24. The van der Waals surface area contributed by atoms with Crippen molar-refractivity contribution in [3.05, 3.63) is 36.2 Å². The van der Waals surface area contributed by atoms with Crippen LogP contribution in [-0.2, 0) is 24.4 Å². The van der Waals surface area contributed by atoms with E-state index < -0.39 is 0 Å². The number of imidazole rings is 1. The highest BCUT2D eigenvalue weighted by Gasteiger charge is 2.20. The lowest BCUT2D eigenvalue weighted by molar-refractivity contribution is 0.183. The maximum absolute atomic E-state index is 5.06. The molecule has 1 unspecified atom stereocenters. The molecule has 0 amide bonds. The normalized spacial score (nSPS) is 17.9. The van der Waals surface area contributed by atoms with Crippen molar-refractivity contribution in [1.82, 2.24) is 24.6 Å². The molecule has 3 rings (SSSR count). The van der Waals surface area contributed by atoms with E-state index in [-0.39, 0.29) is 0 Å². The lowest BCUT2D eigenvalue weighted by atomic mass is 9.99. The van der Waals surface area contributed by atoms with Crippen LogP contribution in [0.1, 0.15) is 30.1 Å². The quantitative estimate of drug-likeness (QED) is 0.837. The van der Waals surface area contributed by atoms with E-state index in [2.05, 4.69) is 32.4 Å². The van der Waals surface area contributed by atoms with E-state index in [1.165, 1.54) is 24.2 Å². The number of methoxy groups -OCH3 is 1. The fourth-order valence-corrected chi connectivity index (χ4v) is 2.90. The number of hydrogen-bond donors (Lipinski definition) is 1. The van der Waals surface area contributed by atoms with Crippen molar-refractivity contribution in [3.63, 3.8) is 0 Å². The van der Waals surface area contributed by atoms with Gasteiger partial charge in [-0.05, 0) is 12.8 Å². The van der Waals surface area contributed by atoms with Gasteiger partial charge in [0.2, 0.25) is 0 Å². The van der Waals surface area contributed by atoms with Crippen LogP contribution in [-0.4, -0.2) is 39.6 Å². The minimum absolute atomic E-state index is 0.525. The van der Waals surface area contributed by atoms with Gasteiger partial charge in [-0.25, -0.2) is 4.98 Å². The van der Waals surface area contributed by atoms with Crippen LogP contribution in [0.25, 0.3) is 0 Å². The summed E-state index contributed by atoms with van der Waals surface area (Å²) in [5.41, 5.74) is 1.21. The summed E-state index contributed by atoms with van der Waals surface area (Å²) in [6.07, 6.45) is 10.5. The fourth-order valence-electron chi connectivity index (χ4n) is 2.90. The number of ether oxygens (including phenoxy) is 1. The summed E-state index contributed by atoms with van der Waals surface area (Å²) in [5, 5.41) is 7.86. The number of aryl methyl sites for hydroxylation is 1. The van der Waals surface area contributed by atoms with Crippen LogP contribution in [0, 0.1) is 0 Å². The lowest BCUT2D eigenvalue weighted by Gasteiger charge is -2.23. The van der Waals surface area contributed by atoms with Crippen LogP contribution in [0.5, 0.6) is 0 Å². The van der Waals surface area contributed by atoms with Crippen molar-refractivity contribution in [2.75, 3.05) is 20.3 Å². The van der Waals surface area contributed by atoms with E-state index >= 15 is 0 Å². The van der Waals surface area contributed by atoms with Crippen molar-refractivity contribution in [1.29, 1.82) is 0 Å². The van der Waals surface area contributed by atoms with Gasteiger partial charge in [0.1, 0.15) is 5.82 Å². The Labute approximate surface area is 125 Å². The molecule has 21 heavy (non-hydrogen) atoms. The monoisotopic (exact) mass is 289 g/mol. The van der Waals surface area contributed by atoms with Crippen molar-refractivity contribution in [2.45, 2.75) is 38.4 Å². The zero-order valence-electron chi connectivity index (χ0n) is 12.5. The standard InChI is InChI=1S/C15H23N5O/c1-21-8-7-20-12-13(10-18-20)9-16-11-14-3-2-5-19-6-4-17-15(14)19/h4,6,10,12,14,16H,2-3,5,7-9,11H2,1H3. The van der Waals surface area contributed by atoms with Crippen LogP contribution in [0.4, 0.5) is 0 Å². The molecular formula is C15H23N5O. The summed E-state index contributed by atoms with van der Waals surface area (Å²) >= 11 is 0. The summed E-state index contributed by atoms with van der Waals surface area (Å²) in [4.78, 5) is 4.49. The van der Waals surface area contributed by atoms with Gasteiger partial charge in [-0.1, -0.05) is 0 Å². The molecule has 2 aromatic rings. The second-order valence-electron chi connectivity index (χ2n) is 5.55. The molecule has 2 aromatic heterocycles. The van der Waals surface area contributed by atoms with E-state index in [4.69, 9.17) is 4.74 Å². The first-order valence-corrected chi connectivity index (χ1v) is 7.59. The second-order valence-corrected chi connectivity index (χ2v) is 5.55. The van der Waals surface area contributed by atoms with Crippen molar-refractivity contribution in [3.8, 4) is 0 Å². The molecule has 1 N–H and O–H groups in total. The average molecular weight is 289 g/mol. The first kappa shape index (κ1) is 14.3. The number of hydrogen-bond acceptors (Lipinski definition) is 4. The Balaban J connectivity index is 1.47.